The minimum Gasteiger partial charge on any atom is -0.484 e. The first kappa shape index (κ1) is 23.1. The number of benzene rings is 1. The number of aromatic nitrogens is 4. The monoisotopic (exact) mass is 505 g/mol. The third-order valence-corrected chi connectivity index (χ3v) is 8.29. The molecule has 1 amide bonds. The van der Waals surface area contributed by atoms with E-state index in [1.165, 1.54) is 5.56 Å². The highest BCUT2D eigenvalue weighted by Crippen LogP contribution is 2.59. The predicted octanol–water partition coefficient (Wildman–Crippen LogP) is 2.54. The summed E-state index contributed by atoms with van der Waals surface area (Å²) in [7, 11) is 0. The Morgan fingerprint density at radius 3 is 2.86 bits per heavy atom. The van der Waals surface area contributed by atoms with Crippen LogP contribution in [0.1, 0.15) is 49.6 Å². The molecule has 8 rings (SSSR count). The molecule has 5 aliphatic rings. The minimum absolute atomic E-state index is 0.0179. The first-order valence-electron chi connectivity index (χ1n) is 13.1. The first-order valence-corrected chi connectivity index (χ1v) is 13.1. The van der Waals surface area contributed by atoms with Crippen LogP contribution in [0.2, 0.25) is 0 Å². The summed E-state index contributed by atoms with van der Waals surface area (Å²) >= 11 is 0. The predicted molar refractivity (Wildman–Crippen MR) is 132 cm³/mol. The Hall–Kier alpha value is -3.08. The highest BCUT2D eigenvalue weighted by atomic mass is 16.5. The molecular weight excluding hydrogens is 474 g/mol. The largest absolute Gasteiger partial charge is 0.484 e. The van der Waals surface area contributed by atoms with Crippen molar-refractivity contribution in [3.05, 3.63) is 47.4 Å². The third-order valence-electron chi connectivity index (χ3n) is 8.29. The van der Waals surface area contributed by atoms with Crippen LogP contribution < -0.4 is 4.74 Å². The number of rotatable bonds is 5. The molecule has 10 heteroatoms. The summed E-state index contributed by atoms with van der Waals surface area (Å²) in [5.74, 6) is 0.777. The molecule has 37 heavy (non-hydrogen) atoms. The van der Waals surface area contributed by atoms with Gasteiger partial charge in [-0.1, -0.05) is 5.21 Å². The highest BCUT2D eigenvalue weighted by Gasteiger charge is 2.70. The van der Waals surface area contributed by atoms with Gasteiger partial charge in [0.1, 0.15) is 23.1 Å². The van der Waals surface area contributed by atoms with E-state index in [0.29, 0.717) is 38.6 Å². The fourth-order valence-electron chi connectivity index (χ4n) is 6.48. The number of amides is 1. The zero-order chi connectivity index (χ0) is 25.2. The van der Waals surface area contributed by atoms with Crippen molar-refractivity contribution < 1.29 is 23.7 Å². The molecule has 1 unspecified atom stereocenters. The maximum absolute atomic E-state index is 13.4. The number of hydrogen-bond acceptors (Lipinski definition) is 8. The van der Waals surface area contributed by atoms with Crippen molar-refractivity contribution in [3.8, 4) is 5.75 Å². The minimum atomic E-state index is -0.565. The number of pyridine rings is 1. The molecule has 4 aliphatic heterocycles. The van der Waals surface area contributed by atoms with Crippen LogP contribution in [0.3, 0.4) is 0 Å². The normalized spacial score (nSPS) is 29.6. The second-order valence-corrected chi connectivity index (χ2v) is 10.9. The second kappa shape index (κ2) is 8.47. The van der Waals surface area contributed by atoms with Crippen LogP contribution in [-0.4, -0.2) is 75.4 Å². The average Bonchev–Trinajstić information content (AvgIpc) is 3.60. The van der Waals surface area contributed by atoms with E-state index in [1.807, 2.05) is 41.0 Å². The Labute approximate surface area is 214 Å². The van der Waals surface area contributed by atoms with Gasteiger partial charge in [0, 0.05) is 37.5 Å². The van der Waals surface area contributed by atoms with E-state index in [-0.39, 0.29) is 17.6 Å². The molecule has 3 saturated heterocycles. The molecule has 0 radical (unpaired) electrons. The molecule has 0 N–H and O–H groups in total. The molecule has 2 atom stereocenters. The van der Waals surface area contributed by atoms with Crippen LogP contribution in [0.15, 0.2) is 30.6 Å². The van der Waals surface area contributed by atoms with Gasteiger partial charge in [-0.25, -0.2) is 4.68 Å². The van der Waals surface area contributed by atoms with Gasteiger partial charge in [0.05, 0.1) is 43.7 Å². The number of fused-ring (bicyclic) bond motifs is 4. The molecule has 2 aromatic heterocycles. The van der Waals surface area contributed by atoms with E-state index in [9.17, 15) is 4.79 Å². The quantitative estimate of drug-likeness (QED) is 0.522. The average molecular weight is 506 g/mol. The summed E-state index contributed by atoms with van der Waals surface area (Å²) in [6.45, 7) is 7.67. The maximum atomic E-state index is 13.4. The lowest BCUT2D eigenvalue weighted by molar-refractivity contribution is -0.148. The smallest absolute Gasteiger partial charge is 0.254 e. The Morgan fingerprint density at radius 1 is 1.19 bits per heavy atom. The Balaban J connectivity index is 1.12. The lowest BCUT2D eigenvalue weighted by Gasteiger charge is -2.43. The number of carbonyl (C=O) groups is 1. The number of hydrogen-bond donors (Lipinski definition) is 0. The van der Waals surface area contributed by atoms with Gasteiger partial charge >= 0.3 is 0 Å². The fourth-order valence-corrected chi connectivity index (χ4v) is 6.48. The first-order chi connectivity index (χ1) is 17.9. The van der Waals surface area contributed by atoms with Crippen molar-refractivity contribution >= 4 is 16.8 Å². The van der Waals surface area contributed by atoms with E-state index in [4.69, 9.17) is 18.9 Å². The molecule has 1 aromatic carbocycles. The highest BCUT2D eigenvalue weighted by molar-refractivity contribution is 5.85. The van der Waals surface area contributed by atoms with E-state index >= 15 is 0 Å². The molecule has 6 heterocycles. The van der Waals surface area contributed by atoms with E-state index < -0.39 is 11.6 Å². The third kappa shape index (κ3) is 3.72. The maximum Gasteiger partial charge on any atom is 0.254 e. The van der Waals surface area contributed by atoms with Gasteiger partial charge in [-0.3, -0.25) is 9.78 Å². The summed E-state index contributed by atoms with van der Waals surface area (Å²) in [4.78, 5) is 19.8. The van der Waals surface area contributed by atoms with Crippen molar-refractivity contribution in [2.24, 2.45) is 0 Å². The van der Waals surface area contributed by atoms with Crippen molar-refractivity contribution in [1.82, 2.24) is 24.9 Å². The van der Waals surface area contributed by atoms with Crippen LogP contribution in [0.4, 0.5) is 0 Å². The van der Waals surface area contributed by atoms with Crippen LogP contribution in [0.25, 0.3) is 10.9 Å². The Bertz CT molecular complexity index is 1360. The summed E-state index contributed by atoms with van der Waals surface area (Å²) in [6, 6.07) is 6.00. The van der Waals surface area contributed by atoms with Crippen molar-refractivity contribution in [2.75, 3.05) is 32.9 Å². The summed E-state index contributed by atoms with van der Waals surface area (Å²) in [5, 5.41) is 10.0. The SMILES string of the molecule is C[C@@H](Oc1ccc2ncc3c(c2c1)CCOC3)c1cn(C23CC(C)(C2)OC3C(=O)N2CCOCC2)nn1. The molecule has 194 valence electrons. The van der Waals surface area contributed by atoms with Gasteiger partial charge in [-0.05, 0) is 49.6 Å². The van der Waals surface area contributed by atoms with Gasteiger partial charge in [-0.15, -0.1) is 5.10 Å². The van der Waals surface area contributed by atoms with E-state index in [2.05, 4.69) is 28.3 Å². The second-order valence-electron chi connectivity index (χ2n) is 10.9. The molecule has 1 saturated carbocycles. The number of carbonyl (C=O) groups excluding carboxylic acids is 1. The zero-order valence-electron chi connectivity index (χ0n) is 21.2. The number of nitrogens with zero attached hydrogens (tertiary/aromatic N) is 5. The van der Waals surface area contributed by atoms with Gasteiger partial charge in [0.25, 0.3) is 5.91 Å². The fraction of sp³-hybridized carbons (Fsp3) is 0.556. The molecule has 3 aromatic rings. The van der Waals surface area contributed by atoms with Crippen LogP contribution in [0.5, 0.6) is 5.75 Å². The molecule has 2 bridgehead atoms. The molecule has 4 fully saturated rings. The van der Waals surface area contributed by atoms with Gasteiger partial charge in [0.15, 0.2) is 6.10 Å². The standard InChI is InChI=1S/C27H31N5O5/c1-17(36-19-3-4-22-21(11-19)20-5-8-35-14-18(20)12-28-22)23-13-32(30-29-23)27-15-26(2,16-27)37-24(27)25(33)31-6-9-34-10-7-31/h3-4,11-13,17,24H,5-10,14-16H2,1-2H3/t17-,24?,26?,27?/m1/s1. The summed E-state index contributed by atoms with van der Waals surface area (Å²) in [5.41, 5.74) is 3.28. The lowest BCUT2D eigenvalue weighted by Crippen LogP contribution is -2.56. The van der Waals surface area contributed by atoms with Crippen molar-refractivity contribution in [3.63, 3.8) is 0 Å². The van der Waals surface area contributed by atoms with Crippen LogP contribution in [0, 0.1) is 0 Å². The zero-order valence-corrected chi connectivity index (χ0v) is 21.2. The Morgan fingerprint density at radius 2 is 2.03 bits per heavy atom. The number of morpholine rings is 1. The van der Waals surface area contributed by atoms with E-state index in [0.717, 1.165) is 48.1 Å². The molecule has 10 nitrogen and oxygen atoms in total. The van der Waals surface area contributed by atoms with Gasteiger partial charge in [-0.2, -0.15) is 0 Å². The van der Waals surface area contributed by atoms with Crippen molar-refractivity contribution in [1.29, 1.82) is 0 Å². The lowest BCUT2D eigenvalue weighted by atomic mass is 9.67. The molecule has 0 spiro atoms. The Kier molecular flexibility index (Phi) is 5.28. The summed E-state index contributed by atoms with van der Waals surface area (Å²) in [6.07, 6.45) is 5.30. The van der Waals surface area contributed by atoms with Crippen molar-refractivity contribution in [2.45, 2.75) is 63.1 Å². The number of ether oxygens (including phenoxy) is 4. The molecule has 1 aliphatic carbocycles. The molecular formula is C27H31N5O5. The van der Waals surface area contributed by atoms with E-state index in [1.54, 1.807) is 0 Å². The van der Waals surface area contributed by atoms with Crippen LogP contribution >= 0.6 is 0 Å². The summed E-state index contributed by atoms with van der Waals surface area (Å²) < 4.78 is 25.5. The van der Waals surface area contributed by atoms with Crippen LogP contribution in [-0.2, 0) is 37.6 Å². The van der Waals surface area contributed by atoms with Gasteiger partial charge < -0.3 is 23.8 Å². The topological polar surface area (TPSA) is 101 Å². The van der Waals surface area contributed by atoms with Gasteiger partial charge in [0.2, 0.25) is 0 Å².